The summed E-state index contributed by atoms with van der Waals surface area (Å²) in [6.07, 6.45) is 2.14. The summed E-state index contributed by atoms with van der Waals surface area (Å²) in [5, 5.41) is 3.36. The van der Waals surface area contributed by atoms with E-state index >= 15 is 0 Å². The van der Waals surface area contributed by atoms with Gasteiger partial charge in [0.1, 0.15) is 0 Å². The summed E-state index contributed by atoms with van der Waals surface area (Å²) in [6.45, 7) is 4.97. The predicted octanol–water partition coefficient (Wildman–Crippen LogP) is 1.28. The highest BCUT2D eigenvalue weighted by atomic mass is 32.2. The summed E-state index contributed by atoms with van der Waals surface area (Å²) in [6, 6.07) is 6.16. The molecule has 2 N–H and O–H groups in total. The number of hydrogen-bond acceptors (Lipinski definition) is 4. The maximum Gasteiger partial charge on any atom is 0.216 e. The lowest BCUT2D eigenvalue weighted by Crippen LogP contribution is -2.48. The van der Waals surface area contributed by atoms with Crippen LogP contribution >= 0.6 is 0 Å². The van der Waals surface area contributed by atoms with Crippen molar-refractivity contribution in [3.8, 4) is 0 Å². The standard InChI is InChI=1S/C16H24N2O3S/c1-12-2-3-16(13-4-6-17-7-5-13)14(8-12)11-22(19,20)18-15-9-21-10-15/h2-3,8,13,15,17-18H,4-7,9-11H2,1H3. The van der Waals surface area contributed by atoms with E-state index in [1.165, 1.54) is 5.56 Å². The molecular formula is C16H24N2O3S. The molecule has 0 aliphatic carbocycles. The maximum absolute atomic E-state index is 12.4. The summed E-state index contributed by atoms with van der Waals surface area (Å²) in [7, 11) is -3.32. The fourth-order valence-electron chi connectivity index (χ4n) is 3.19. The third kappa shape index (κ3) is 3.87. The molecule has 0 bridgehead atoms. The molecule has 2 saturated heterocycles. The zero-order valence-electron chi connectivity index (χ0n) is 13.0. The Kier molecular flexibility index (Phi) is 4.82. The van der Waals surface area contributed by atoms with Crippen molar-refractivity contribution >= 4 is 10.0 Å². The van der Waals surface area contributed by atoms with Gasteiger partial charge in [-0.3, -0.25) is 0 Å². The minimum absolute atomic E-state index is 0.0582. The Balaban J connectivity index is 1.80. The second kappa shape index (κ2) is 6.66. The molecule has 22 heavy (non-hydrogen) atoms. The molecule has 1 aromatic rings. The van der Waals surface area contributed by atoms with Gasteiger partial charge in [-0.05, 0) is 49.9 Å². The van der Waals surface area contributed by atoms with E-state index in [4.69, 9.17) is 4.74 Å². The van der Waals surface area contributed by atoms with Gasteiger partial charge in [-0.15, -0.1) is 0 Å². The SMILES string of the molecule is Cc1ccc(C2CCNCC2)c(CS(=O)(=O)NC2COC2)c1. The van der Waals surface area contributed by atoms with E-state index in [0.29, 0.717) is 19.1 Å². The van der Waals surface area contributed by atoms with Gasteiger partial charge in [0.2, 0.25) is 10.0 Å². The lowest BCUT2D eigenvalue weighted by Gasteiger charge is -2.28. The normalized spacial score (nSPS) is 20.8. The Hall–Kier alpha value is -0.950. The lowest BCUT2D eigenvalue weighted by atomic mass is 9.87. The first-order chi connectivity index (χ1) is 10.5. The monoisotopic (exact) mass is 324 g/mol. The fourth-order valence-corrected chi connectivity index (χ4v) is 4.58. The summed E-state index contributed by atoms with van der Waals surface area (Å²) < 4.78 is 32.5. The highest BCUT2D eigenvalue weighted by Crippen LogP contribution is 2.29. The molecule has 6 heteroatoms. The van der Waals surface area contributed by atoms with Crippen LogP contribution in [0.15, 0.2) is 18.2 Å². The van der Waals surface area contributed by atoms with Gasteiger partial charge in [0.05, 0.1) is 25.0 Å². The lowest BCUT2D eigenvalue weighted by molar-refractivity contribution is 0.00480. The molecule has 0 atom stereocenters. The van der Waals surface area contributed by atoms with E-state index in [9.17, 15) is 8.42 Å². The second-order valence-corrected chi connectivity index (χ2v) is 8.09. The molecule has 2 fully saturated rings. The molecule has 0 amide bonds. The third-order valence-electron chi connectivity index (χ3n) is 4.41. The van der Waals surface area contributed by atoms with Crippen LogP contribution < -0.4 is 10.0 Å². The highest BCUT2D eigenvalue weighted by molar-refractivity contribution is 7.88. The summed E-state index contributed by atoms with van der Waals surface area (Å²) in [5.41, 5.74) is 3.25. The molecule has 0 spiro atoms. The Labute approximate surface area is 132 Å². The number of rotatable bonds is 5. The quantitative estimate of drug-likeness (QED) is 0.856. The van der Waals surface area contributed by atoms with Crippen molar-refractivity contribution in [1.82, 2.24) is 10.0 Å². The summed E-state index contributed by atoms with van der Waals surface area (Å²) >= 11 is 0. The number of ether oxygens (including phenoxy) is 1. The zero-order valence-corrected chi connectivity index (χ0v) is 13.8. The number of nitrogens with one attached hydrogen (secondary N) is 2. The van der Waals surface area contributed by atoms with Crippen molar-refractivity contribution in [1.29, 1.82) is 0 Å². The Morgan fingerprint density at radius 3 is 2.64 bits per heavy atom. The maximum atomic E-state index is 12.4. The van der Waals surface area contributed by atoms with Crippen molar-refractivity contribution in [2.24, 2.45) is 0 Å². The number of benzene rings is 1. The van der Waals surface area contributed by atoms with Gasteiger partial charge >= 0.3 is 0 Å². The topological polar surface area (TPSA) is 67.4 Å². The Bertz CT molecular complexity index is 620. The number of piperidine rings is 1. The Morgan fingerprint density at radius 1 is 1.27 bits per heavy atom. The largest absolute Gasteiger partial charge is 0.378 e. The zero-order chi connectivity index (χ0) is 15.6. The van der Waals surface area contributed by atoms with Crippen LogP contribution in [0.5, 0.6) is 0 Å². The van der Waals surface area contributed by atoms with Crippen molar-refractivity contribution in [2.75, 3.05) is 26.3 Å². The van der Waals surface area contributed by atoms with Gasteiger partial charge in [0.25, 0.3) is 0 Å². The molecular weight excluding hydrogens is 300 g/mol. The van der Waals surface area contributed by atoms with Crippen molar-refractivity contribution < 1.29 is 13.2 Å². The smallest absolute Gasteiger partial charge is 0.216 e. The molecule has 2 aliphatic heterocycles. The predicted molar refractivity (Wildman–Crippen MR) is 86.4 cm³/mol. The highest BCUT2D eigenvalue weighted by Gasteiger charge is 2.26. The van der Waals surface area contributed by atoms with Crippen LogP contribution in [0.1, 0.15) is 35.4 Å². The van der Waals surface area contributed by atoms with Crippen molar-refractivity contribution in [2.45, 2.75) is 37.5 Å². The molecule has 0 aromatic heterocycles. The van der Waals surface area contributed by atoms with Crippen LogP contribution in [0, 0.1) is 6.92 Å². The molecule has 0 unspecified atom stereocenters. The minimum Gasteiger partial charge on any atom is -0.378 e. The van der Waals surface area contributed by atoms with E-state index in [0.717, 1.165) is 37.1 Å². The van der Waals surface area contributed by atoms with Crippen molar-refractivity contribution in [3.63, 3.8) is 0 Å². The van der Waals surface area contributed by atoms with E-state index in [2.05, 4.69) is 22.2 Å². The molecule has 5 nitrogen and oxygen atoms in total. The molecule has 0 saturated carbocycles. The van der Waals surface area contributed by atoms with Crippen molar-refractivity contribution in [3.05, 3.63) is 34.9 Å². The molecule has 1 aromatic carbocycles. The second-order valence-electron chi connectivity index (χ2n) is 6.34. The van der Waals surface area contributed by atoms with Crippen LogP contribution in [0.3, 0.4) is 0 Å². The van der Waals surface area contributed by atoms with Gasteiger partial charge in [-0.25, -0.2) is 13.1 Å². The minimum atomic E-state index is -3.32. The first kappa shape index (κ1) is 15.9. The number of aryl methyl sites for hydroxylation is 1. The molecule has 3 rings (SSSR count). The molecule has 2 heterocycles. The van der Waals surface area contributed by atoms with E-state index < -0.39 is 10.0 Å². The molecule has 2 aliphatic rings. The molecule has 122 valence electrons. The van der Waals surface area contributed by atoms with Gasteiger partial charge in [0, 0.05) is 0 Å². The first-order valence-electron chi connectivity index (χ1n) is 7.91. The van der Waals surface area contributed by atoms with Crippen LogP contribution in [0.25, 0.3) is 0 Å². The van der Waals surface area contributed by atoms with Crippen LogP contribution in [-0.2, 0) is 20.5 Å². The van der Waals surface area contributed by atoms with Gasteiger partial charge in [-0.1, -0.05) is 23.8 Å². The Morgan fingerprint density at radius 2 is 2.00 bits per heavy atom. The average Bonchev–Trinajstić information content (AvgIpc) is 2.44. The number of sulfonamides is 1. The van der Waals surface area contributed by atoms with E-state index in [-0.39, 0.29) is 11.8 Å². The van der Waals surface area contributed by atoms with Crippen LogP contribution in [0.2, 0.25) is 0 Å². The number of hydrogen-bond donors (Lipinski definition) is 2. The third-order valence-corrected chi connectivity index (χ3v) is 5.79. The fraction of sp³-hybridized carbons (Fsp3) is 0.625. The van der Waals surface area contributed by atoms with Crippen LogP contribution in [0.4, 0.5) is 0 Å². The van der Waals surface area contributed by atoms with E-state index in [1.54, 1.807) is 0 Å². The van der Waals surface area contributed by atoms with Gasteiger partial charge < -0.3 is 10.1 Å². The van der Waals surface area contributed by atoms with Gasteiger partial charge in [0.15, 0.2) is 0 Å². The van der Waals surface area contributed by atoms with Crippen LogP contribution in [-0.4, -0.2) is 40.8 Å². The van der Waals surface area contributed by atoms with E-state index in [1.807, 2.05) is 13.0 Å². The average molecular weight is 324 g/mol. The summed E-state index contributed by atoms with van der Waals surface area (Å²) in [5.74, 6) is 0.517. The van der Waals surface area contributed by atoms with Gasteiger partial charge in [-0.2, -0.15) is 0 Å². The molecule has 0 radical (unpaired) electrons. The summed E-state index contributed by atoms with van der Waals surface area (Å²) in [4.78, 5) is 0. The first-order valence-corrected chi connectivity index (χ1v) is 9.56.